The van der Waals surface area contributed by atoms with Gasteiger partial charge in [-0.05, 0) is 38.9 Å². The highest BCUT2D eigenvalue weighted by Gasteiger charge is 2.22. The number of aryl methyl sites for hydroxylation is 1. The molecule has 0 N–H and O–H groups in total. The Bertz CT molecular complexity index is 579. The van der Waals surface area contributed by atoms with Crippen molar-refractivity contribution in [3.63, 3.8) is 0 Å². The number of hydrogen-bond donors (Lipinski definition) is 0. The highest BCUT2D eigenvalue weighted by molar-refractivity contribution is 5.40. The number of aromatic nitrogens is 3. The molecule has 2 aromatic rings. The van der Waals surface area contributed by atoms with Gasteiger partial charge >= 0.3 is 0 Å². The zero-order valence-electron chi connectivity index (χ0n) is 11.4. The summed E-state index contributed by atoms with van der Waals surface area (Å²) in [7, 11) is 0. The molecule has 3 rings (SSSR count). The molecule has 0 saturated carbocycles. The van der Waals surface area contributed by atoms with Gasteiger partial charge in [0, 0.05) is 30.4 Å². The molecule has 19 heavy (non-hydrogen) atoms. The number of fused-ring (bicyclic) bond motifs is 1. The maximum atomic E-state index is 4.57. The molecule has 0 spiro atoms. The standard InChI is InChI=1S/C15H20N4/c1-3-8-18-9-5-13(6-10-18)14-4-7-16-15-11-12(2)17-19(14)15/h3-4,7,11,13H,1,5-6,8-10H2,2H3. The van der Waals surface area contributed by atoms with Gasteiger partial charge < -0.3 is 0 Å². The molecule has 0 bridgehead atoms. The quantitative estimate of drug-likeness (QED) is 0.791. The molecule has 1 saturated heterocycles. The molecule has 1 aliphatic rings. The first-order valence-corrected chi connectivity index (χ1v) is 6.92. The lowest BCUT2D eigenvalue weighted by atomic mass is 9.93. The summed E-state index contributed by atoms with van der Waals surface area (Å²) in [4.78, 5) is 6.83. The minimum Gasteiger partial charge on any atom is -0.300 e. The van der Waals surface area contributed by atoms with Crippen LogP contribution < -0.4 is 0 Å². The van der Waals surface area contributed by atoms with E-state index in [0.717, 1.165) is 31.0 Å². The number of nitrogens with zero attached hydrogens (tertiary/aromatic N) is 4. The average Bonchev–Trinajstić information content (AvgIpc) is 2.80. The van der Waals surface area contributed by atoms with E-state index in [1.807, 2.05) is 29.8 Å². The second-order valence-electron chi connectivity index (χ2n) is 5.29. The molecule has 3 heterocycles. The summed E-state index contributed by atoms with van der Waals surface area (Å²) in [5, 5.41) is 4.57. The first kappa shape index (κ1) is 12.4. The monoisotopic (exact) mass is 256 g/mol. The van der Waals surface area contributed by atoms with Gasteiger partial charge in [-0.3, -0.25) is 4.90 Å². The molecule has 4 heteroatoms. The number of piperidine rings is 1. The third-order valence-electron chi connectivity index (χ3n) is 3.90. The Morgan fingerprint density at radius 1 is 1.42 bits per heavy atom. The normalized spacial score (nSPS) is 17.9. The molecule has 0 radical (unpaired) electrons. The smallest absolute Gasteiger partial charge is 0.155 e. The van der Waals surface area contributed by atoms with E-state index in [4.69, 9.17) is 0 Å². The van der Waals surface area contributed by atoms with Crippen molar-refractivity contribution in [1.29, 1.82) is 0 Å². The first-order valence-electron chi connectivity index (χ1n) is 6.92. The van der Waals surface area contributed by atoms with Crippen molar-refractivity contribution in [1.82, 2.24) is 19.5 Å². The van der Waals surface area contributed by atoms with Crippen molar-refractivity contribution in [2.24, 2.45) is 0 Å². The molecule has 0 aliphatic carbocycles. The fourth-order valence-electron chi connectivity index (χ4n) is 2.93. The van der Waals surface area contributed by atoms with Crippen LogP contribution >= 0.6 is 0 Å². The van der Waals surface area contributed by atoms with E-state index in [-0.39, 0.29) is 0 Å². The van der Waals surface area contributed by atoms with Gasteiger partial charge in [-0.25, -0.2) is 9.50 Å². The Balaban J connectivity index is 1.83. The van der Waals surface area contributed by atoms with Crippen LogP contribution in [0.2, 0.25) is 0 Å². The van der Waals surface area contributed by atoms with Gasteiger partial charge in [-0.2, -0.15) is 5.10 Å². The minimum absolute atomic E-state index is 0.589. The maximum absolute atomic E-state index is 4.57. The average molecular weight is 256 g/mol. The zero-order chi connectivity index (χ0) is 13.2. The van der Waals surface area contributed by atoms with Crippen LogP contribution in [0.4, 0.5) is 0 Å². The lowest BCUT2D eigenvalue weighted by Gasteiger charge is -2.31. The van der Waals surface area contributed by atoms with Gasteiger partial charge in [-0.1, -0.05) is 6.08 Å². The van der Waals surface area contributed by atoms with Gasteiger partial charge in [0.2, 0.25) is 0 Å². The van der Waals surface area contributed by atoms with Crippen LogP contribution in [0.15, 0.2) is 31.0 Å². The fourth-order valence-corrected chi connectivity index (χ4v) is 2.93. The summed E-state index contributed by atoms with van der Waals surface area (Å²) in [6.45, 7) is 9.11. The van der Waals surface area contributed by atoms with Crippen LogP contribution in [0.25, 0.3) is 5.65 Å². The molecular formula is C15H20N4. The summed E-state index contributed by atoms with van der Waals surface area (Å²) < 4.78 is 2.02. The van der Waals surface area contributed by atoms with E-state index in [1.54, 1.807) is 0 Å². The van der Waals surface area contributed by atoms with Crippen LogP contribution in [0, 0.1) is 6.92 Å². The minimum atomic E-state index is 0.589. The molecule has 0 aromatic carbocycles. The third kappa shape index (κ3) is 2.40. The van der Waals surface area contributed by atoms with E-state index in [1.165, 1.54) is 18.5 Å². The molecule has 0 amide bonds. The van der Waals surface area contributed by atoms with Crippen molar-refractivity contribution in [2.45, 2.75) is 25.7 Å². The van der Waals surface area contributed by atoms with Gasteiger partial charge in [0.15, 0.2) is 5.65 Å². The molecule has 1 aliphatic heterocycles. The SMILES string of the molecule is C=CCN1CCC(c2ccnc3cc(C)nn23)CC1. The molecule has 2 aromatic heterocycles. The molecule has 0 atom stereocenters. The molecule has 100 valence electrons. The van der Waals surface area contributed by atoms with Gasteiger partial charge in [0.1, 0.15) is 0 Å². The van der Waals surface area contributed by atoms with Crippen molar-refractivity contribution in [2.75, 3.05) is 19.6 Å². The molecule has 0 unspecified atom stereocenters. The van der Waals surface area contributed by atoms with Crippen molar-refractivity contribution >= 4 is 5.65 Å². The molecular weight excluding hydrogens is 236 g/mol. The van der Waals surface area contributed by atoms with E-state index >= 15 is 0 Å². The Hall–Kier alpha value is -1.68. The zero-order valence-corrected chi connectivity index (χ0v) is 11.4. The summed E-state index contributed by atoms with van der Waals surface area (Å²) in [6, 6.07) is 4.16. The van der Waals surface area contributed by atoms with Crippen molar-refractivity contribution < 1.29 is 0 Å². The summed E-state index contributed by atoms with van der Waals surface area (Å²) in [5.74, 6) is 0.589. The largest absolute Gasteiger partial charge is 0.300 e. The highest BCUT2D eigenvalue weighted by atomic mass is 15.3. The Morgan fingerprint density at radius 3 is 2.95 bits per heavy atom. The van der Waals surface area contributed by atoms with E-state index < -0.39 is 0 Å². The Morgan fingerprint density at radius 2 is 2.21 bits per heavy atom. The van der Waals surface area contributed by atoms with Crippen molar-refractivity contribution in [3.8, 4) is 0 Å². The van der Waals surface area contributed by atoms with E-state index in [9.17, 15) is 0 Å². The fraction of sp³-hybridized carbons (Fsp3) is 0.467. The van der Waals surface area contributed by atoms with Crippen LogP contribution in [0.1, 0.15) is 30.1 Å². The lowest BCUT2D eigenvalue weighted by molar-refractivity contribution is 0.230. The van der Waals surface area contributed by atoms with Crippen LogP contribution in [-0.2, 0) is 0 Å². The third-order valence-corrected chi connectivity index (χ3v) is 3.90. The van der Waals surface area contributed by atoms with Crippen LogP contribution in [-0.4, -0.2) is 39.1 Å². The number of hydrogen-bond acceptors (Lipinski definition) is 3. The summed E-state index contributed by atoms with van der Waals surface area (Å²) in [6.07, 6.45) is 6.27. The predicted molar refractivity (Wildman–Crippen MR) is 76.3 cm³/mol. The predicted octanol–water partition coefficient (Wildman–Crippen LogP) is 2.40. The summed E-state index contributed by atoms with van der Waals surface area (Å²) >= 11 is 0. The topological polar surface area (TPSA) is 33.4 Å². The van der Waals surface area contributed by atoms with E-state index in [0.29, 0.717) is 5.92 Å². The highest BCUT2D eigenvalue weighted by Crippen LogP contribution is 2.27. The van der Waals surface area contributed by atoms with Crippen molar-refractivity contribution in [3.05, 3.63) is 42.4 Å². The first-order chi connectivity index (χ1) is 9.28. The number of likely N-dealkylation sites (tertiary alicyclic amines) is 1. The van der Waals surface area contributed by atoms with E-state index in [2.05, 4.69) is 27.6 Å². The molecule has 1 fully saturated rings. The Labute approximate surface area is 113 Å². The maximum Gasteiger partial charge on any atom is 0.155 e. The van der Waals surface area contributed by atoms with Gasteiger partial charge in [0.25, 0.3) is 0 Å². The Kier molecular flexibility index (Phi) is 3.34. The van der Waals surface area contributed by atoms with Crippen LogP contribution in [0.5, 0.6) is 0 Å². The lowest BCUT2D eigenvalue weighted by Crippen LogP contribution is -2.33. The molecule has 4 nitrogen and oxygen atoms in total. The number of rotatable bonds is 3. The van der Waals surface area contributed by atoms with Gasteiger partial charge in [-0.15, -0.1) is 6.58 Å². The second-order valence-corrected chi connectivity index (χ2v) is 5.29. The second kappa shape index (κ2) is 5.13. The summed E-state index contributed by atoms with van der Waals surface area (Å²) in [5.41, 5.74) is 3.30. The van der Waals surface area contributed by atoms with Gasteiger partial charge in [0.05, 0.1) is 5.69 Å². The van der Waals surface area contributed by atoms with Crippen LogP contribution in [0.3, 0.4) is 0 Å².